The van der Waals surface area contributed by atoms with E-state index >= 15 is 0 Å². The number of rotatable bonds is 5. The predicted molar refractivity (Wildman–Crippen MR) is 75.3 cm³/mol. The Hall–Kier alpha value is -1.20. The highest BCUT2D eigenvalue weighted by molar-refractivity contribution is 9.10. The van der Waals surface area contributed by atoms with Gasteiger partial charge >= 0.3 is 0 Å². The van der Waals surface area contributed by atoms with Crippen molar-refractivity contribution in [2.45, 2.75) is 19.4 Å². The summed E-state index contributed by atoms with van der Waals surface area (Å²) in [5.41, 5.74) is 2.13. The van der Waals surface area contributed by atoms with Crippen LogP contribution in [0.3, 0.4) is 0 Å². The zero-order valence-corrected chi connectivity index (χ0v) is 12.2. The fourth-order valence-corrected chi connectivity index (χ4v) is 2.11. The molecule has 0 aliphatic rings. The number of aryl methyl sites for hydroxylation is 1. The normalized spacial score (nSPS) is 12.6. The second-order valence-electron chi connectivity index (χ2n) is 4.17. The third-order valence-electron chi connectivity index (χ3n) is 2.80. The van der Waals surface area contributed by atoms with Gasteiger partial charge in [0.2, 0.25) is 0 Å². The maximum Gasteiger partial charge on any atom is 0.0921 e. The van der Waals surface area contributed by atoms with Crippen molar-refractivity contribution >= 4 is 15.9 Å². The summed E-state index contributed by atoms with van der Waals surface area (Å²) < 4.78 is 2.88. The van der Waals surface area contributed by atoms with E-state index in [1.807, 2.05) is 42.3 Å². The molecule has 0 fully saturated rings. The Morgan fingerprint density at radius 1 is 1.39 bits per heavy atom. The van der Waals surface area contributed by atoms with Gasteiger partial charge in [0.25, 0.3) is 0 Å². The number of aromatic nitrogens is 3. The molecular formula is C13H17BrN4. The lowest BCUT2D eigenvalue weighted by molar-refractivity contribution is 0.543. The predicted octanol–water partition coefficient (Wildman–Crippen LogP) is 2.67. The Morgan fingerprint density at radius 3 is 2.78 bits per heavy atom. The van der Waals surface area contributed by atoms with E-state index in [0.717, 1.165) is 28.8 Å². The maximum absolute atomic E-state index is 4.48. The van der Waals surface area contributed by atoms with Crippen LogP contribution in [0.2, 0.25) is 0 Å². The molecule has 2 aromatic heterocycles. The third-order valence-corrected chi connectivity index (χ3v) is 3.27. The first-order valence-electron chi connectivity index (χ1n) is 6.05. The smallest absolute Gasteiger partial charge is 0.0921 e. The van der Waals surface area contributed by atoms with Gasteiger partial charge in [0.1, 0.15) is 0 Å². The topological polar surface area (TPSA) is 42.7 Å². The number of hydrogen-bond donors (Lipinski definition) is 1. The number of hydrogen-bond acceptors (Lipinski definition) is 3. The van der Waals surface area contributed by atoms with Gasteiger partial charge < -0.3 is 5.32 Å². The van der Waals surface area contributed by atoms with Crippen LogP contribution >= 0.6 is 15.9 Å². The van der Waals surface area contributed by atoms with Crippen LogP contribution in [-0.2, 0) is 7.05 Å². The van der Waals surface area contributed by atoms with Crippen molar-refractivity contribution in [1.82, 2.24) is 20.1 Å². The summed E-state index contributed by atoms with van der Waals surface area (Å²) in [5, 5.41) is 7.74. The van der Waals surface area contributed by atoms with Gasteiger partial charge in [-0.3, -0.25) is 9.67 Å². The van der Waals surface area contributed by atoms with E-state index in [4.69, 9.17) is 0 Å². The molecule has 4 nitrogen and oxygen atoms in total. The van der Waals surface area contributed by atoms with Gasteiger partial charge in [-0.15, -0.1) is 0 Å². The minimum absolute atomic E-state index is 0.0885. The highest BCUT2D eigenvalue weighted by Crippen LogP contribution is 2.20. The second kappa shape index (κ2) is 6.11. The van der Waals surface area contributed by atoms with Crippen molar-refractivity contribution in [1.29, 1.82) is 0 Å². The number of nitrogens with zero attached hydrogens (tertiary/aromatic N) is 3. The van der Waals surface area contributed by atoms with Crippen LogP contribution < -0.4 is 5.32 Å². The zero-order chi connectivity index (χ0) is 13.0. The van der Waals surface area contributed by atoms with Gasteiger partial charge in [-0.2, -0.15) is 5.10 Å². The lowest BCUT2D eigenvalue weighted by Crippen LogP contribution is -2.26. The third kappa shape index (κ3) is 2.97. The fourth-order valence-electron chi connectivity index (χ4n) is 1.87. The van der Waals surface area contributed by atoms with Crippen molar-refractivity contribution in [2.75, 3.05) is 6.54 Å². The largest absolute Gasteiger partial charge is 0.304 e. The Bertz CT molecular complexity index is 492. The van der Waals surface area contributed by atoms with E-state index in [-0.39, 0.29) is 6.04 Å². The molecule has 0 saturated carbocycles. The summed E-state index contributed by atoms with van der Waals surface area (Å²) in [4.78, 5) is 4.48. The lowest BCUT2D eigenvalue weighted by Gasteiger charge is -2.18. The van der Waals surface area contributed by atoms with Gasteiger partial charge in [0.15, 0.2) is 0 Å². The first-order valence-corrected chi connectivity index (χ1v) is 6.84. The fraction of sp³-hybridized carbons (Fsp3) is 0.385. The molecule has 0 spiro atoms. The molecule has 2 heterocycles. The average molecular weight is 309 g/mol. The molecule has 1 atom stereocenters. The van der Waals surface area contributed by atoms with Gasteiger partial charge in [0.05, 0.1) is 17.4 Å². The summed E-state index contributed by atoms with van der Waals surface area (Å²) in [6.45, 7) is 3.11. The second-order valence-corrected chi connectivity index (χ2v) is 5.08. The monoisotopic (exact) mass is 308 g/mol. The molecule has 2 aromatic rings. The Labute approximate surface area is 116 Å². The van der Waals surface area contributed by atoms with Crippen molar-refractivity contribution in [3.8, 4) is 0 Å². The molecule has 2 rings (SSSR count). The highest BCUT2D eigenvalue weighted by atomic mass is 79.9. The Morgan fingerprint density at radius 2 is 2.22 bits per heavy atom. The molecule has 0 aliphatic heterocycles. The summed E-state index contributed by atoms with van der Waals surface area (Å²) in [7, 11) is 1.95. The summed E-state index contributed by atoms with van der Waals surface area (Å²) >= 11 is 3.41. The van der Waals surface area contributed by atoms with E-state index in [0.29, 0.717) is 0 Å². The van der Waals surface area contributed by atoms with E-state index in [1.54, 1.807) is 0 Å². The van der Waals surface area contributed by atoms with Crippen LogP contribution in [-0.4, -0.2) is 21.3 Å². The molecule has 18 heavy (non-hydrogen) atoms. The molecule has 0 amide bonds. The SMILES string of the molecule is CCCNC(c1ccc(Br)cn1)c1ccnn1C. The van der Waals surface area contributed by atoms with Crippen LogP contribution in [0.4, 0.5) is 0 Å². The molecular weight excluding hydrogens is 292 g/mol. The molecule has 1 N–H and O–H groups in total. The molecule has 0 radical (unpaired) electrons. The number of nitrogens with one attached hydrogen (secondary N) is 1. The van der Waals surface area contributed by atoms with Crippen LogP contribution in [0.5, 0.6) is 0 Å². The quantitative estimate of drug-likeness (QED) is 0.923. The van der Waals surface area contributed by atoms with Gasteiger partial charge in [-0.05, 0) is 47.1 Å². The van der Waals surface area contributed by atoms with E-state index < -0.39 is 0 Å². The summed E-state index contributed by atoms with van der Waals surface area (Å²) in [5.74, 6) is 0. The molecule has 1 unspecified atom stereocenters. The molecule has 0 bridgehead atoms. The standard InChI is InChI=1S/C13H17BrN4/c1-3-7-15-13(12-6-8-17-18(12)2)11-5-4-10(14)9-16-11/h4-6,8-9,13,15H,3,7H2,1-2H3. The van der Waals surface area contributed by atoms with Crippen molar-refractivity contribution in [2.24, 2.45) is 7.05 Å². The van der Waals surface area contributed by atoms with E-state index in [9.17, 15) is 0 Å². The summed E-state index contributed by atoms with van der Waals surface area (Å²) in [6, 6.07) is 6.16. The van der Waals surface area contributed by atoms with Crippen LogP contribution in [0.15, 0.2) is 35.1 Å². The number of halogens is 1. The minimum atomic E-state index is 0.0885. The maximum atomic E-state index is 4.48. The van der Waals surface area contributed by atoms with E-state index in [2.05, 4.69) is 38.3 Å². The average Bonchev–Trinajstić information content (AvgIpc) is 2.78. The van der Waals surface area contributed by atoms with Crippen molar-refractivity contribution in [3.63, 3.8) is 0 Å². The molecule has 0 aromatic carbocycles. The molecule has 5 heteroatoms. The lowest BCUT2D eigenvalue weighted by atomic mass is 10.1. The molecule has 0 saturated heterocycles. The van der Waals surface area contributed by atoms with Crippen LogP contribution in [0.25, 0.3) is 0 Å². The summed E-state index contributed by atoms with van der Waals surface area (Å²) in [6.07, 6.45) is 4.73. The molecule has 96 valence electrons. The first kappa shape index (κ1) is 13.2. The molecule has 0 aliphatic carbocycles. The first-order chi connectivity index (χ1) is 8.72. The van der Waals surface area contributed by atoms with Crippen molar-refractivity contribution in [3.05, 3.63) is 46.5 Å². The number of pyridine rings is 1. The van der Waals surface area contributed by atoms with Crippen LogP contribution in [0.1, 0.15) is 30.8 Å². The van der Waals surface area contributed by atoms with Gasteiger partial charge in [0, 0.05) is 23.9 Å². The van der Waals surface area contributed by atoms with Crippen LogP contribution in [0, 0.1) is 0 Å². The van der Waals surface area contributed by atoms with E-state index in [1.165, 1.54) is 0 Å². The zero-order valence-electron chi connectivity index (χ0n) is 10.6. The highest BCUT2D eigenvalue weighted by Gasteiger charge is 2.17. The Balaban J connectivity index is 2.30. The van der Waals surface area contributed by atoms with Gasteiger partial charge in [-0.25, -0.2) is 0 Å². The Kier molecular flexibility index (Phi) is 4.49. The van der Waals surface area contributed by atoms with Crippen molar-refractivity contribution < 1.29 is 0 Å². The minimum Gasteiger partial charge on any atom is -0.304 e. The van der Waals surface area contributed by atoms with Gasteiger partial charge in [-0.1, -0.05) is 6.92 Å².